The number of carboxylic acid groups (broad SMARTS) is 1. The van der Waals surface area contributed by atoms with E-state index in [4.69, 9.17) is 9.84 Å². The van der Waals surface area contributed by atoms with Crippen molar-refractivity contribution in [2.45, 2.75) is 19.4 Å². The molecule has 2 heterocycles. The van der Waals surface area contributed by atoms with Crippen LogP contribution in [0.4, 0.5) is 0 Å². The molecule has 5 nitrogen and oxygen atoms in total. The first-order valence-corrected chi connectivity index (χ1v) is 6.78. The fraction of sp³-hybridized carbons (Fsp3) is 0.385. The van der Waals surface area contributed by atoms with Crippen molar-refractivity contribution in [2.75, 3.05) is 13.2 Å². The van der Waals surface area contributed by atoms with Gasteiger partial charge < -0.3 is 15.2 Å². The van der Waals surface area contributed by atoms with Gasteiger partial charge in [0.1, 0.15) is 0 Å². The summed E-state index contributed by atoms with van der Waals surface area (Å²) in [7, 11) is 0. The van der Waals surface area contributed by atoms with Crippen LogP contribution in [-0.4, -0.2) is 36.2 Å². The van der Waals surface area contributed by atoms with Gasteiger partial charge in [-0.05, 0) is 31.1 Å². The monoisotopic (exact) mass is 281 g/mol. The zero-order valence-electron chi connectivity index (χ0n) is 10.5. The first-order chi connectivity index (χ1) is 9.06. The Morgan fingerprint density at radius 2 is 2.37 bits per heavy atom. The third-order valence-corrected chi connectivity index (χ3v) is 4.02. The van der Waals surface area contributed by atoms with Crippen molar-refractivity contribution in [3.63, 3.8) is 0 Å². The summed E-state index contributed by atoms with van der Waals surface area (Å²) in [5.41, 5.74) is 0.898. The van der Waals surface area contributed by atoms with Gasteiger partial charge in [-0.2, -0.15) is 0 Å². The van der Waals surface area contributed by atoms with Crippen LogP contribution in [0, 0.1) is 6.92 Å². The zero-order valence-corrected chi connectivity index (χ0v) is 11.3. The number of aliphatic carboxylic acids is 1. The lowest BCUT2D eigenvalue weighted by atomic mass is 10.2. The Morgan fingerprint density at radius 3 is 3.00 bits per heavy atom. The van der Waals surface area contributed by atoms with Gasteiger partial charge in [-0.15, -0.1) is 11.3 Å². The molecule has 19 heavy (non-hydrogen) atoms. The zero-order chi connectivity index (χ0) is 13.8. The van der Waals surface area contributed by atoms with E-state index in [-0.39, 0.29) is 11.9 Å². The highest BCUT2D eigenvalue weighted by Gasteiger charge is 2.20. The largest absolute Gasteiger partial charge is 0.478 e. The minimum atomic E-state index is -0.998. The van der Waals surface area contributed by atoms with Gasteiger partial charge in [0.05, 0.1) is 17.5 Å². The second-order valence-electron chi connectivity index (χ2n) is 4.36. The standard InChI is InChI=1S/C13H15NO4S/c1-8-6-11(19-10(8)2-3-12(15)16)13(17)14-9-4-5-18-7-9/h2-3,6,9H,4-5,7H2,1H3,(H,14,17)(H,15,16)/b3-2+. The molecule has 0 bridgehead atoms. The number of nitrogens with one attached hydrogen (secondary N) is 1. The van der Waals surface area contributed by atoms with Gasteiger partial charge in [0.15, 0.2) is 0 Å². The number of carbonyl (C=O) groups is 2. The summed E-state index contributed by atoms with van der Waals surface area (Å²) in [5, 5.41) is 11.5. The van der Waals surface area contributed by atoms with Gasteiger partial charge in [-0.25, -0.2) is 4.79 Å². The molecule has 0 saturated carbocycles. The highest BCUT2D eigenvalue weighted by atomic mass is 32.1. The lowest BCUT2D eigenvalue weighted by Crippen LogP contribution is -2.34. The van der Waals surface area contributed by atoms with Crippen LogP contribution < -0.4 is 5.32 Å². The van der Waals surface area contributed by atoms with E-state index in [9.17, 15) is 9.59 Å². The smallest absolute Gasteiger partial charge is 0.328 e. The topological polar surface area (TPSA) is 75.6 Å². The van der Waals surface area contributed by atoms with Crippen LogP contribution >= 0.6 is 11.3 Å². The van der Waals surface area contributed by atoms with E-state index in [1.807, 2.05) is 6.92 Å². The molecule has 1 atom stereocenters. The molecular formula is C13H15NO4S. The Hall–Kier alpha value is -1.66. The molecule has 1 unspecified atom stereocenters. The number of carboxylic acids is 1. The fourth-order valence-corrected chi connectivity index (χ4v) is 2.81. The molecule has 0 aliphatic carbocycles. The highest BCUT2D eigenvalue weighted by Crippen LogP contribution is 2.23. The number of amides is 1. The van der Waals surface area contributed by atoms with Crippen molar-refractivity contribution in [1.82, 2.24) is 5.32 Å². The van der Waals surface area contributed by atoms with Crippen LogP contribution in [0.25, 0.3) is 6.08 Å². The average Bonchev–Trinajstić information content (AvgIpc) is 2.96. The molecule has 1 saturated heterocycles. The van der Waals surface area contributed by atoms with Gasteiger partial charge in [-0.1, -0.05) is 0 Å². The van der Waals surface area contributed by atoms with Crippen LogP contribution in [0.3, 0.4) is 0 Å². The van der Waals surface area contributed by atoms with Crippen molar-refractivity contribution in [3.8, 4) is 0 Å². The van der Waals surface area contributed by atoms with E-state index in [0.29, 0.717) is 18.1 Å². The van der Waals surface area contributed by atoms with Gasteiger partial charge in [0.25, 0.3) is 5.91 Å². The maximum Gasteiger partial charge on any atom is 0.328 e. The Bertz CT molecular complexity index is 515. The Labute approximate surface area is 114 Å². The van der Waals surface area contributed by atoms with Crippen LogP contribution in [0.15, 0.2) is 12.1 Å². The molecule has 6 heteroatoms. The first kappa shape index (κ1) is 13.8. The summed E-state index contributed by atoms with van der Waals surface area (Å²) in [4.78, 5) is 23.9. The van der Waals surface area contributed by atoms with Crippen LogP contribution in [0.5, 0.6) is 0 Å². The van der Waals surface area contributed by atoms with E-state index in [0.717, 1.165) is 22.9 Å². The number of hydrogen-bond donors (Lipinski definition) is 2. The molecular weight excluding hydrogens is 266 g/mol. The number of carbonyl (C=O) groups excluding carboxylic acids is 1. The summed E-state index contributed by atoms with van der Waals surface area (Å²) in [6.07, 6.45) is 3.42. The van der Waals surface area contributed by atoms with Crippen molar-refractivity contribution in [2.24, 2.45) is 0 Å². The maximum atomic E-state index is 12.0. The van der Waals surface area contributed by atoms with Crippen LogP contribution in [0.1, 0.15) is 26.5 Å². The molecule has 1 aromatic heterocycles. The second kappa shape index (κ2) is 5.99. The van der Waals surface area contributed by atoms with Gasteiger partial charge in [0, 0.05) is 17.6 Å². The van der Waals surface area contributed by atoms with E-state index >= 15 is 0 Å². The van der Waals surface area contributed by atoms with Gasteiger partial charge >= 0.3 is 5.97 Å². The second-order valence-corrected chi connectivity index (χ2v) is 5.45. The van der Waals surface area contributed by atoms with Crippen molar-refractivity contribution < 1.29 is 19.4 Å². The normalized spacial score (nSPS) is 18.9. The highest BCUT2D eigenvalue weighted by molar-refractivity contribution is 7.15. The number of thiophene rings is 1. The number of aryl methyl sites for hydroxylation is 1. The summed E-state index contributed by atoms with van der Waals surface area (Å²) < 4.78 is 5.20. The SMILES string of the molecule is Cc1cc(C(=O)NC2CCOC2)sc1/C=C/C(=O)O. The van der Waals surface area contributed by atoms with Gasteiger partial charge in [-0.3, -0.25) is 4.79 Å². The Morgan fingerprint density at radius 1 is 1.58 bits per heavy atom. The lowest BCUT2D eigenvalue weighted by molar-refractivity contribution is -0.131. The van der Waals surface area contributed by atoms with E-state index in [2.05, 4.69) is 5.32 Å². The molecule has 2 rings (SSSR count). The molecule has 0 spiro atoms. The van der Waals surface area contributed by atoms with Crippen molar-refractivity contribution in [1.29, 1.82) is 0 Å². The number of ether oxygens (including phenoxy) is 1. The summed E-state index contributed by atoms with van der Waals surface area (Å²) >= 11 is 1.29. The molecule has 102 valence electrons. The minimum Gasteiger partial charge on any atom is -0.478 e. The molecule has 1 aliphatic heterocycles. The van der Waals surface area contributed by atoms with Crippen molar-refractivity contribution >= 4 is 29.3 Å². The van der Waals surface area contributed by atoms with Gasteiger partial charge in [0.2, 0.25) is 0 Å². The summed E-state index contributed by atoms with van der Waals surface area (Å²) in [6, 6.07) is 1.85. The molecule has 0 aromatic carbocycles. The van der Waals surface area contributed by atoms with Crippen molar-refractivity contribution in [3.05, 3.63) is 27.5 Å². The minimum absolute atomic E-state index is 0.0768. The van der Waals surface area contributed by atoms with E-state index in [1.165, 1.54) is 17.4 Å². The predicted molar refractivity (Wildman–Crippen MR) is 72.4 cm³/mol. The Balaban J connectivity index is 2.05. The molecule has 1 amide bonds. The maximum absolute atomic E-state index is 12.0. The third kappa shape index (κ3) is 3.65. The predicted octanol–water partition coefficient (Wildman–Crippen LogP) is 1.67. The third-order valence-electron chi connectivity index (χ3n) is 2.82. The molecule has 2 N–H and O–H groups in total. The van der Waals surface area contributed by atoms with E-state index < -0.39 is 5.97 Å². The number of rotatable bonds is 4. The van der Waals surface area contributed by atoms with E-state index in [1.54, 1.807) is 6.07 Å². The molecule has 1 fully saturated rings. The quantitative estimate of drug-likeness (QED) is 0.823. The fourth-order valence-electron chi connectivity index (χ4n) is 1.83. The first-order valence-electron chi connectivity index (χ1n) is 5.96. The number of hydrogen-bond acceptors (Lipinski definition) is 4. The molecule has 1 aromatic rings. The molecule has 1 aliphatic rings. The average molecular weight is 281 g/mol. The Kier molecular flexibility index (Phi) is 4.34. The molecule has 0 radical (unpaired) electrons. The summed E-state index contributed by atoms with van der Waals surface area (Å²) in [5.74, 6) is -1.12. The lowest BCUT2D eigenvalue weighted by Gasteiger charge is -2.08. The van der Waals surface area contributed by atoms with Crippen LogP contribution in [0.2, 0.25) is 0 Å². The summed E-state index contributed by atoms with van der Waals surface area (Å²) in [6.45, 7) is 3.09. The van der Waals surface area contributed by atoms with Crippen LogP contribution in [-0.2, 0) is 9.53 Å².